The van der Waals surface area contributed by atoms with Crippen molar-refractivity contribution >= 4 is 11.8 Å². The molecule has 0 saturated carbocycles. The van der Waals surface area contributed by atoms with Crippen molar-refractivity contribution in [3.63, 3.8) is 0 Å². The molecule has 8 heteroatoms. The first kappa shape index (κ1) is 21.1. The Kier molecular flexibility index (Phi) is 6.25. The van der Waals surface area contributed by atoms with E-state index in [9.17, 15) is 4.39 Å². The van der Waals surface area contributed by atoms with Crippen molar-refractivity contribution in [3.05, 3.63) is 114 Å². The van der Waals surface area contributed by atoms with E-state index in [0.717, 1.165) is 11.1 Å². The van der Waals surface area contributed by atoms with Crippen molar-refractivity contribution in [2.75, 3.05) is 0 Å². The minimum Gasteiger partial charge on any atom is -0.424 e. The van der Waals surface area contributed by atoms with Gasteiger partial charge >= 0.3 is 0 Å². The largest absolute Gasteiger partial charge is 0.424 e. The maximum absolute atomic E-state index is 14.5. The predicted molar refractivity (Wildman–Crippen MR) is 124 cm³/mol. The van der Waals surface area contributed by atoms with E-state index in [1.807, 2.05) is 65.2 Å². The zero-order valence-corrected chi connectivity index (χ0v) is 18.5. The van der Waals surface area contributed by atoms with Crippen LogP contribution in [0.25, 0.3) is 11.4 Å². The van der Waals surface area contributed by atoms with E-state index in [4.69, 9.17) is 4.42 Å². The van der Waals surface area contributed by atoms with Gasteiger partial charge in [-0.25, -0.2) is 4.39 Å². The van der Waals surface area contributed by atoms with Gasteiger partial charge in [-0.3, -0.25) is 4.57 Å². The number of rotatable bonds is 8. The third-order valence-corrected chi connectivity index (χ3v) is 6.00. The van der Waals surface area contributed by atoms with E-state index in [0.29, 0.717) is 47.0 Å². The quantitative estimate of drug-likeness (QED) is 0.291. The maximum atomic E-state index is 14.5. The molecule has 33 heavy (non-hydrogen) atoms. The van der Waals surface area contributed by atoms with Crippen LogP contribution in [0, 0.1) is 5.82 Å². The van der Waals surface area contributed by atoms with Gasteiger partial charge in [0.2, 0.25) is 11.8 Å². The van der Waals surface area contributed by atoms with E-state index in [1.165, 1.54) is 17.8 Å². The Morgan fingerprint density at radius 3 is 2.15 bits per heavy atom. The van der Waals surface area contributed by atoms with Gasteiger partial charge in [0.05, 0.1) is 24.3 Å². The zero-order chi connectivity index (χ0) is 22.5. The molecule has 0 unspecified atom stereocenters. The summed E-state index contributed by atoms with van der Waals surface area (Å²) in [7, 11) is 0. The molecular formula is C25H20FN5OS. The van der Waals surface area contributed by atoms with Crippen LogP contribution in [0.3, 0.4) is 0 Å². The van der Waals surface area contributed by atoms with Crippen LogP contribution in [0.1, 0.15) is 22.9 Å². The van der Waals surface area contributed by atoms with Crippen LogP contribution in [0.2, 0.25) is 0 Å². The van der Waals surface area contributed by atoms with Gasteiger partial charge in [-0.2, -0.15) is 0 Å². The summed E-state index contributed by atoms with van der Waals surface area (Å²) >= 11 is 1.43. The summed E-state index contributed by atoms with van der Waals surface area (Å²) in [5, 5.41) is 17.6. The molecule has 0 spiro atoms. The van der Waals surface area contributed by atoms with Gasteiger partial charge in [-0.1, -0.05) is 84.6 Å². The van der Waals surface area contributed by atoms with Gasteiger partial charge in [0.1, 0.15) is 5.82 Å². The molecule has 0 bridgehead atoms. The Balaban J connectivity index is 1.37. The lowest BCUT2D eigenvalue weighted by Crippen LogP contribution is -2.05. The van der Waals surface area contributed by atoms with Gasteiger partial charge < -0.3 is 4.42 Å². The molecule has 164 valence electrons. The third kappa shape index (κ3) is 5.01. The normalized spacial score (nSPS) is 11.1. The maximum Gasteiger partial charge on any atom is 0.226 e. The average Bonchev–Trinajstić information content (AvgIpc) is 3.46. The fourth-order valence-corrected chi connectivity index (χ4v) is 4.24. The molecule has 0 radical (unpaired) electrons. The number of hydrogen-bond acceptors (Lipinski definition) is 6. The number of nitrogens with zero attached hydrogens (tertiary/aromatic N) is 5. The van der Waals surface area contributed by atoms with Crippen LogP contribution in [0.5, 0.6) is 0 Å². The lowest BCUT2D eigenvalue weighted by atomic mass is 10.2. The van der Waals surface area contributed by atoms with Crippen LogP contribution >= 0.6 is 11.8 Å². The van der Waals surface area contributed by atoms with Gasteiger partial charge in [0.25, 0.3) is 0 Å². The lowest BCUT2D eigenvalue weighted by molar-refractivity contribution is 0.474. The van der Waals surface area contributed by atoms with Crippen molar-refractivity contribution in [2.45, 2.75) is 23.9 Å². The molecule has 2 aromatic heterocycles. The molecule has 0 fully saturated rings. The highest BCUT2D eigenvalue weighted by molar-refractivity contribution is 7.98. The summed E-state index contributed by atoms with van der Waals surface area (Å²) < 4.78 is 22.2. The molecule has 0 aliphatic rings. The lowest BCUT2D eigenvalue weighted by Gasteiger charge is -2.10. The van der Waals surface area contributed by atoms with Crippen molar-refractivity contribution in [1.82, 2.24) is 25.0 Å². The van der Waals surface area contributed by atoms with Crippen LogP contribution in [0.4, 0.5) is 4.39 Å². The first-order valence-electron chi connectivity index (χ1n) is 10.5. The van der Waals surface area contributed by atoms with E-state index in [-0.39, 0.29) is 5.82 Å². The van der Waals surface area contributed by atoms with Crippen LogP contribution in [-0.4, -0.2) is 25.0 Å². The van der Waals surface area contributed by atoms with E-state index in [1.54, 1.807) is 18.2 Å². The molecular weight excluding hydrogens is 437 g/mol. The molecule has 0 aliphatic carbocycles. The standard InChI is InChI=1S/C25H20FN5OS/c26-21-14-8-7-13-20(21)24-29-30-25(31(24)16-19-11-5-2-6-12-19)33-17-23-28-27-22(32-23)15-18-9-3-1-4-10-18/h1-14H,15-17H2. The van der Waals surface area contributed by atoms with E-state index in [2.05, 4.69) is 20.4 Å². The monoisotopic (exact) mass is 457 g/mol. The Hall–Kier alpha value is -3.78. The number of aromatic nitrogens is 5. The molecule has 3 aromatic carbocycles. The van der Waals surface area contributed by atoms with Gasteiger partial charge in [0.15, 0.2) is 11.0 Å². The van der Waals surface area contributed by atoms with Crippen molar-refractivity contribution < 1.29 is 8.81 Å². The van der Waals surface area contributed by atoms with Gasteiger partial charge in [-0.05, 0) is 23.3 Å². The van der Waals surface area contributed by atoms with Crippen molar-refractivity contribution in [2.24, 2.45) is 0 Å². The van der Waals surface area contributed by atoms with Crippen molar-refractivity contribution in [1.29, 1.82) is 0 Å². The highest BCUT2D eigenvalue weighted by Gasteiger charge is 2.18. The van der Waals surface area contributed by atoms with Crippen LogP contribution < -0.4 is 0 Å². The predicted octanol–water partition coefficient (Wildman–Crippen LogP) is 5.40. The summed E-state index contributed by atoms with van der Waals surface area (Å²) in [4.78, 5) is 0. The molecule has 0 N–H and O–H groups in total. The fourth-order valence-electron chi connectivity index (χ4n) is 3.46. The molecule has 5 aromatic rings. The van der Waals surface area contributed by atoms with Crippen LogP contribution in [-0.2, 0) is 18.7 Å². The SMILES string of the molecule is Fc1ccccc1-c1nnc(SCc2nnc(Cc3ccccc3)o2)n1Cc1ccccc1. The Morgan fingerprint density at radius 2 is 1.39 bits per heavy atom. The highest BCUT2D eigenvalue weighted by atomic mass is 32.2. The molecule has 0 atom stereocenters. The summed E-state index contributed by atoms with van der Waals surface area (Å²) in [6.07, 6.45) is 0.583. The smallest absolute Gasteiger partial charge is 0.226 e. The fraction of sp³-hybridized carbons (Fsp3) is 0.120. The second kappa shape index (κ2) is 9.79. The molecule has 5 rings (SSSR count). The topological polar surface area (TPSA) is 69.6 Å². The highest BCUT2D eigenvalue weighted by Crippen LogP contribution is 2.28. The summed E-state index contributed by atoms with van der Waals surface area (Å²) in [5.41, 5.74) is 2.59. The third-order valence-electron chi connectivity index (χ3n) is 5.05. The minimum atomic E-state index is -0.335. The second-order valence-electron chi connectivity index (χ2n) is 7.40. The Morgan fingerprint density at radius 1 is 0.727 bits per heavy atom. The van der Waals surface area contributed by atoms with E-state index < -0.39 is 0 Å². The Labute approximate surface area is 194 Å². The summed E-state index contributed by atoms with van der Waals surface area (Å²) in [6.45, 7) is 0.517. The Bertz CT molecular complexity index is 1340. The first-order chi connectivity index (χ1) is 16.3. The van der Waals surface area contributed by atoms with Gasteiger partial charge in [-0.15, -0.1) is 20.4 Å². The first-order valence-corrected chi connectivity index (χ1v) is 11.4. The number of hydrogen-bond donors (Lipinski definition) is 0. The molecule has 0 saturated heterocycles. The number of benzene rings is 3. The summed E-state index contributed by atoms with van der Waals surface area (Å²) in [6, 6.07) is 26.5. The molecule has 6 nitrogen and oxygen atoms in total. The molecule has 0 aliphatic heterocycles. The number of thioether (sulfide) groups is 1. The average molecular weight is 458 g/mol. The number of halogens is 1. The molecule has 0 amide bonds. The van der Waals surface area contributed by atoms with Gasteiger partial charge in [0, 0.05) is 0 Å². The van der Waals surface area contributed by atoms with E-state index >= 15 is 0 Å². The minimum absolute atomic E-state index is 0.335. The second-order valence-corrected chi connectivity index (χ2v) is 8.34. The van der Waals surface area contributed by atoms with Crippen molar-refractivity contribution in [3.8, 4) is 11.4 Å². The summed E-state index contributed by atoms with van der Waals surface area (Å²) in [5.74, 6) is 1.65. The zero-order valence-electron chi connectivity index (χ0n) is 17.6. The van der Waals surface area contributed by atoms with Crippen LogP contribution in [0.15, 0.2) is 94.5 Å². The molecule has 2 heterocycles.